The van der Waals surface area contributed by atoms with Gasteiger partial charge in [-0.3, -0.25) is 25.0 Å². The van der Waals surface area contributed by atoms with Crippen molar-refractivity contribution in [3.63, 3.8) is 0 Å². The normalized spacial score (nSPS) is 10.8. The molecular formula is C26H22N4O7. The van der Waals surface area contributed by atoms with Gasteiger partial charge in [-0.25, -0.2) is 0 Å². The first-order valence-electron chi connectivity index (χ1n) is 11.0. The fourth-order valence-corrected chi connectivity index (χ4v) is 3.33. The second-order valence-corrected chi connectivity index (χ2v) is 7.78. The first kappa shape index (κ1) is 26.4. The van der Waals surface area contributed by atoms with E-state index in [9.17, 15) is 30.3 Å². The Morgan fingerprint density at radius 1 is 1.03 bits per heavy atom. The number of carbonyl (C=O) groups excluding carboxylic acids is 1. The molecule has 0 aromatic heterocycles. The lowest BCUT2D eigenvalue weighted by atomic mass is 10.1. The van der Waals surface area contributed by atoms with Crippen LogP contribution in [0, 0.1) is 45.4 Å². The van der Waals surface area contributed by atoms with Gasteiger partial charge in [0.1, 0.15) is 11.6 Å². The first-order valence-corrected chi connectivity index (χ1v) is 11.0. The van der Waals surface area contributed by atoms with E-state index in [-0.39, 0.29) is 29.4 Å². The summed E-state index contributed by atoms with van der Waals surface area (Å²) >= 11 is 0. The van der Waals surface area contributed by atoms with Gasteiger partial charge >= 0.3 is 5.69 Å². The van der Waals surface area contributed by atoms with Crippen LogP contribution in [-0.4, -0.2) is 22.4 Å². The average molecular weight is 502 g/mol. The van der Waals surface area contributed by atoms with E-state index in [1.54, 1.807) is 19.1 Å². The molecule has 0 unspecified atom stereocenters. The molecule has 3 rings (SSSR count). The number of nitro benzene ring substituents is 2. The Morgan fingerprint density at radius 3 is 2.41 bits per heavy atom. The fraction of sp³-hybridized carbons (Fsp3) is 0.154. The molecule has 37 heavy (non-hydrogen) atoms. The van der Waals surface area contributed by atoms with Crippen LogP contribution in [0.2, 0.25) is 0 Å². The predicted molar refractivity (Wildman–Crippen MR) is 136 cm³/mol. The second-order valence-electron chi connectivity index (χ2n) is 7.78. The van der Waals surface area contributed by atoms with Crippen molar-refractivity contribution < 1.29 is 24.1 Å². The van der Waals surface area contributed by atoms with Crippen LogP contribution in [0.3, 0.4) is 0 Å². The number of hydrogen-bond acceptors (Lipinski definition) is 8. The number of nitro groups is 2. The molecule has 0 atom stereocenters. The highest BCUT2D eigenvalue weighted by Crippen LogP contribution is 2.38. The van der Waals surface area contributed by atoms with E-state index < -0.39 is 27.1 Å². The summed E-state index contributed by atoms with van der Waals surface area (Å²) in [6.45, 7) is 5.72. The zero-order valence-corrected chi connectivity index (χ0v) is 20.2. The van der Waals surface area contributed by atoms with Gasteiger partial charge in [-0.1, -0.05) is 18.2 Å². The lowest BCUT2D eigenvalue weighted by molar-refractivity contribution is -0.394. The molecule has 0 spiro atoms. The van der Waals surface area contributed by atoms with Gasteiger partial charge in [-0.05, 0) is 67.8 Å². The number of anilines is 1. The number of hydrogen-bond donors (Lipinski definition) is 1. The highest BCUT2D eigenvalue weighted by Gasteiger charge is 2.22. The third kappa shape index (κ3) is 6.26. The average Bonchev–Trinajstić information content (AvgIpc) is 2.86. The summed E-state index contributed by atoms with van der Waals surface area (Å²) < 4.78 is 11.3. The minimum Gasteiger partial charge on any atom is -0.490 e. The van der Waals surface area contributed by atoms with Crippen LogP contribution in [0.4, 0.5) is 17.1 Å². The summed E-state index contributed by atoms with van der Waals surface area (Å²) in [7, 11) is 0. The highest BCUT2D eigenvalue weighted by atomic mass is 16.6. The van der Waals surface area contributed by atoms with E-state index in [1.807, 2.05) is 26.0 Å². The Labute approximate surface area is 211 Å². The van der Waals surface area contributed by atoms with Crippen molar-refractivity contribution in [2.24, 2.45) is 0 Å². The molecule has 0 radical (unpaired) electrons. The van der Waals surface area contributed by atoms with E-state index in [1.165, 1.54) is 24.3 Å². The maximum Gasteiger partial charge on any atom is 0.318 e. The lowest BCUT2D eigenvalue weighted by Crippen LogP contribution is -2.14. The molecular weight excluding hydrogens is 480 g/mol. The number of ether oxygens (including phenoxy) is 2. The van der Waals surface area contributed by atoms with Gasteiger partial charge in [0.2, 0.25) is 5.75 Å². The van der Waals surface area contributed by atoms with Gasteiger partial charge in [-0.15, -0.1) is 0 Å². The van der Waals surface area contributed by atoms with Crippen molar-refractivity contribution in [3.8, 4) is 23.3 Å². The van der Waals surface area contributed by atoms with Crippen molar-refractivity contribution in [1.29, 1.82) is 5.26 Å². The number of nitrogens with one attached hydrogen (secondary N) is 1. The Hall–Kier alpha value is -5.24. The summed E-state index contributed by atoms with van der Waals surface area (Å²) in [5.41, 5.74) is 1.72. The SMILES string of the molecule is CCOc1cc(/C=C(\C#N)C(=O)Nc2cccc(C)c2C)ccc1Oc1ccc([N+](=O)[O-])cc1[N+](=O)[O-]. The summed E-state index contributed by atoms with van der Waals surface area (Å²) in [5.74, 6) is -0.508. The first-order chi connectivity index (χ1) is 17.6. The van der Waals surface area contributed by atoms with Gasteiger partial charge in [-0.2, -0.15) is 5.26 Å². The van der Waals surface area contributed by atoms with Crippen molar-refractivity contribution >= 4 is 29.0 Å². The Bertz CT molecular complexity index is 1460. The molecule has 0 fully saturated rings. The molecule has 0 aliphatic rings. The fourth-order valence-electron chi connectivity index (χ4n) is 3.33. The minimum absolute atomic E-state index is 0.106. The maximum atomic E-state index is 12.7. The number of rotatable bonds is 9. The van der Waals surface area contributed by atoms with Crippen molar-refractivity contribution in [2.45, 2.75) is 20.8 Å². The number of amides is 1. The van der Waals surface area contributed by atoms with Crippen molar-refractivity contribution in [3.05, 3.63) is 97.1 Å². The molecule has 11 heteroatoms. The molecule has 1 N–H and O–H groups in total. The predicted octanol–water partition coefficient (Wildman–Crippen LogP) is 5.86. The largest absolute Gasteiger partial charge is 0.490 e. The molecule has 3 aromatic carbocycles. The van der Waals surface area contributed by atoms with Crippen LogP contribution in [0.25, 0.3) is 6.08 Å². The van der Waals surface area contributed by atoms with Crippen molar-refractivity contribution in [2.75, 3.05) is 11.9 Å². The number of non-ortho nitro benzene ring substituents is 1. The third-order valence-corrected chi connectivity index (χ3v) is 5.37. The lowest BCUT2D eigenvalue weighted by Gasteiger charge is -2.13. The van der Waals surface area contributed by atoms with Crippen molar-refractivity contribution in [1.82, 2.24) is 0 Å². The number of carbonyl (C=O) groups is 1. The van der Waals surface area contributed by atoms with Crippen LogP contribution < -0.4 is 14.8 Å². The molecule has 0 heterocycles. The number of aryl methyl sites for hydroxylation is 1. The number of nitrogens with zero attached hydrogens (tertiary/aromatic N) is 3. The minimum atomic E-state index is -0.784. The maximum absolute atomic E-state index is 12.7. The highest BCUT2D eigenvalue weighted by molar-refractivity contribution is 6.10. The van der Waals surface area contributed by atoms with E-state index >= 15 is 0 Å². The van der Waals surface area contributed by atoms with Gasteiger partial charge in [0.25, 0.3) is 11.6 Å². The molecule has 1 amide bonds. The third-order valence-electron chi connectivity index (χ3n) is 5.37. The molecule has 188 valence electrons. The molecule has 11 nitrogen and oxygen atoms in total. The van der Waals surface area contributed by atoms with Crippen LogP contribution in [0.5, 0.6) is 17.2 Å². The number of nitriles is 1. The smallest absolute Gasteiger partial charge is 0.318 e. The van der Waals surface area contributed by atoms with Gasteiger partial charge in [0.05, 0.1) is 22.5 Å². The molecule has 0 aliphatic carbocycles. The van der Waals surface area contributed by atoms with Gasteiger partial charge in [0.15, 0.2) is 11.5 Å². The van der Waals surface area contributed by atoms with Crippen LogP contribution in [0.1, 0.15) is 23.6 Å². The molecule has 0 bridgehead atoms. The molecule has 0 aliphatic heterocycles. The summed E-state index contributed by atoms with van der Waals surface area (Å²) in [5, 5.41) is 34.7. The zero-order valence-electron chi connectivity index (χ0n) is 20.2. The van der Waals surface area contributed by atoms with E-state index in [0.29, 0.717) is 11.3 Å². The van der Waals surface area contributed by atoms with Crippen LogP contribution >= 0.6 is 0 Å². The molecule has 0 saturated heterocycles. The van der Waals surface area contributed by atoms with E-state index in [2.05, 4.69) is 5.32 Å². The zero-order chi connectivity index (χ0) is 27.1. The standard InChI is InChI=1S/C26H22N4O7/c1-4-36-25-13-18(12-19(15-27)26(31)28-21-7-5-6-16(2)17(21)3)8-10-24(25)37-23-11-9-20(29(32)33)14-22(23)30(34)35/h5-14H,4H2,1-3H3,(H,28,31)/b19-12+. The summed E-state index contributed by atoms with van der Waals surface area (Å²) in [4.78, 5) is 33.6. The topological polar surface area (TPSA) is 158 Å². The Kier molecular flexibility index (Phi) is 8.17. The number of benzene rings is 3. The summed E-state index contributed by atoms with van der Waals surface area (Å²) in [6, 6.07) is 14.9. The van der Waals surface area contributed by atoms with Gasteiger partial charge in [0, 0.05) is 11.8 Å². The molecule has 0 saturated carbocycles. The second kappa shape index (κ2) is 11.5. The van der Waals surface area contributed by atoms with E-state index in [0.717, 1.165) is 29.3 Å². The van der Waals surface area contributed by atoms with Crippen LogP contribution in [0.15, 0.2) is 60.2 Å². The van der Waals surface area contributed by atoms with Crippen LogP contribution in [-0.2, 0) is 4.79 Å². The quantitative estimate of drug-likeness (QED) is 0.165. The molecule has 3 aromatic rings. The monoisotopic (exact) mass is 502 g/mol. The van der Waals surface area contributed by atoms with E-state index in [4.69, 9.17) is 9.47 Å². The summed E-state index contributed by atoms with van der Waals surface area (Å²) in [6.07, 6.45) is 1.38. The Balaban J connectivity index is 1.92. The van der Waals surface area contributed by atoms with Gasteiger partial charge < -0.3 is 14.8 Å². The Morgan fingerprint density at radius 2 is 1.76 bits per heavy atom.